The number of nitriles is 1. The first-order valence-corrected chi connectivity index (χ1v) is 4.74. The molecule has 70 valence electrons. The van der Waals surface area contributed by atoms with E-state index >= 15 is 0 Å². The number of rotatable bonds is 0. The van der Waals surface area contributed by atoms with Crippen molar-refractivity contribution in [2.75, 3.05) is 19.6 Å². The van der Waals surface area contributed by atoms with Crippen molar-refractivity contribution >= 4 is 5.91 Å². The maximum atomic E-state index is 11.6. The molecule has 0 spiro atoms. The molecule has 0 aromatic heterocycles. The standard InChI is InChI=1S/C9H13N3O/c10-7-9-3-1-2-5-12(9)6-4-11-8(9)13/h1-6H2,(H,11,13). The number of fused-ring (bicyclic) bond motifs is 1. The van der Waals surface area contributed by atoms with E-state index in [1.54, 1.807) is 0 Å². The number of hydrogen-bond donors (Lipinski definition) is 1. The highest BCUT2D eigenvalue weighted by atomic mass is 16.2. The van der Waals surface area contributed by atoms with Gasteiger partial charge in [0.05, 0.1) is 6.07 Å². The molecule has 1 N–H and O–H groups in total. The second-order valence-corrected chi connectivity index (χ2v) is 3.67. The van der Waals surface area contributed by atoms with Gasteiger partial charge in [-0.2, -0.15) is 5.26 Å². The molecule has 2 aliphatic heterocycles. The monoisotopic (exact) mass is 179 g/mol. The van der Waals surface area contributed by atoms with Crippen molar-refractivity contribution in [1.82, 2.24) is 10.2 Å². The van der Waals surface area contributed by atoms with Crippen molar-refractivity contribution in [3.63, 3.8) is 0 Å². The van der Waals surface area contributed by atoms with Gasteiger partial charge in [0.2, 0.25) is 0 Å². The van der Waals surface area contributed by atoms with Crippen molar-refractivity contribution in [3.8, 4) is 6.07 Å². The zero-order valence-corrected chi connectivity index (χ0v) is 7.55. The lowest BCUT2D eigenvalue weighted by molar-refractivity contribution is -0.135. The SMILES string of the molecule is N#CC12CCCCN1CCNC2=O. The third-order valence-corrected chi connectivity index (χ3v) is 2.98. The van der Waals surface area contributed by atoms with E-state index in [0.717, 1.165) is 25.9 Å². The second-order valence-electron chi connectivity index (χ2n) is 3.67. The molecule has 0 saturated carbocycles. The third kappa shape index (κ3) is 1.11. The van der Waals surface area contributed by atoms with Gasteiger partial charge in [-0.3, -0.25) is 9.69 Å². The van der Waals surface area contributed by atoms with Crippen molar-refractivity contribution in [2.24, 2.45) is 0 Å². The summed E-state index contributed by atoms with van der Waals surface area (Å²) in [5.74, 6) is -0.0963. The molecule has 1 amide bonds. The Kier molecular flexibility index (Phi) is 1.97. The van der Waals surface area contributed by atoms with Gasteiger partial charge < -0.3 is 5.32 Å². The molecule has 0 bridgehead atoms. The van der Waals surface area contributed by atoms with E-state index in [9.17, 15) is 4.79 Å². The van der Waals surface area contributed by atoms with Crippen LogP contribution in [0.1, 0.15) is 19.3 Å². The molecule has 1 unspecified atom stereocenters. The van der Waals surface area contributed by atoms with Gasteiger partial charge in [0.1, 0.15) is 0 Å². The Hall–Kier alpha value is -1.08. The highest BCUT2D eigenvalue weighted by Gasteiger charge is 2.47. The van der Waals surface area contributed by atoms with E-state index in [1.165, 1.54) is 0 Å². The van der Waals surface area contributed by atoms with E-state index in [0.29, 0.717) is 13.0 Å². The van der Waals surface area contributed by atoms with E-state index < -0.39 is 5.54 Å². The maximum absolute atomic E-state index is 11.6. The maximum Gasteiger partial charge on any atom is 0.255 e. The van der Waals surface area contributed by atoms with Crippen LogP contribution in [0.4, 0.5) is 0 Å². The minimum atomic E-state index is -0.837. The molecular formula is C9H13N3O. The fraction of sp³-hybridized carbons (Fsp3) is 0.778. The highest BCUT2D eigenvalue weighted by molar-refractivity contribution is 5.90. The number of nitrogens with one attached hydrogen (secondary N) is 1. The summed E-state index contributed by atoms with van der Waals surface area (Å²) >= 11 is 0. The number of carbonyl (C=O) groups is 1. The molecule has 4 heteroatoms. The lowest BCUT2D eigenvalue weighted by atomic mass is 9.85. The van der Waals surface area contributed by atoms with Gasteiger partial charge in [-0.05, 0) is 19.3 Å². The summed E-state index contributed by atoms with van der Waals surface area (Å²) in [6.45, 7) is 2.39. The normalized spacial score (nSPS) is 34.5. The van der Waals surface area contributed by atoms with Crippen LogP contribution in [-0.2, 0) is 4.79 Å². The minimum Gasteiger partial charge on any atom is -0.352 e. The van der Waals surface area contributed by atoms with Crippen molar-refractivity contribution in [1.29, 1.82) is 5.26 Å². The van der Waals surface area contributed by atoms with E-state index in [4.69, 9.17) is 5.26 Å². The molecule has 1 atom stereocenters. The molecule has 0 aliphatic carbocycles. The Bertz CT molecular complexity index is 269. The number of nitrogens with zero attached hydrogens (tertiary/aromatic N) is 2. The van der Waals surface area contributed by atoms with E-state index in [2.05, 4.69) is 11.4 Å². The highest BCUT2D eigenvalue weighted by Crippen LogP contribution is 2.29. The van der Waals surface area contributed by atoms with Crippen molar-refractivity contribution in [3.05, 3.63) is 0 Å². The molecule has 0 aromatic carbocycles. The van der Waals surface area contributed by atoms with Crippen LogP contribution in [0.2, 0.25) is 0 Å². The largest absolute Gasteiger partial charge is 0.352 e. The third-order valence-electron chi connectivity index (χ3n) is 2.98. The van der Waals surface area contributed by atoms with Gasteiger partial charge in [0.25, 0.3) is 5.91 Å². The lowest BCUT2D eigenvalue weighted by Crippen LogP contribution is -2.65. The summed E-state index contributed by atoms with van der Waals surface area (Å²) < 4.78 is 0. The topological polar surface area (TPSA) is 56.1 Å². The summed E-state index contributed by atoms with van der Waals surface area (Å²) in [4.78, 5) is 13.6. The summed E-state index contributed by atoms with van der Waals surface area (Å²) in [6, 6.07) is 2.18. The zero-order valence-electron chi connectivity index (χ0n) is 7.55. The van der Waals surface area contributed by atoms with Gasteiger partial charge in [-0.15, -0.1) is 0 Å². The van der Waals surface area contributed by atoms with Crippen LogP contribution in [0, 0.1) is 11.3 Å². The first kappa shape index (κ1) is 8.52. The number of carbonyl (C=O) groups excluding carboxylic acids is 1. The van der Waals surface area contributed by atoms with Gasteiger partial charge in [-0.25, -0.2) is 0 Å². The van der Waals surface area contributed by atoms with Crippen molar-refractivity contribution in [2.45, 2.75) is 24.8 Å². The fourth-order valence-electron chi connectivity index (χ4n) is 2.22. The first-order chi connectivity index (χ1) is 6.29. The van der Waals surface area contributed by atoms with Gasteiger partial charge in [-0.1, -0.05) is 0 Å². The van der Waals surface area contributed by atoms with Gasteiger partial charge >= 0.3 is 0 Å². The van der Waals surface area contributed by atoms with Crippen molar-refractivity contribution < 1.29 is 4.79 Å². The van der Waals surface area contributed by atoms with Crippen LogP contribution in [0.25, 0.3) is 0 Å². The molecule has 2 aliphatic rings. The molecule has 13 heavy (non-hydrogen) atoms. The second kappa shape index (κ2) is 3.00. The molecule has 2 heterocycles. The summed E-state index contributed by atoms with van der Waals surface area (Å²) in [5.41, 5.74) is -0.837. The number of piperidine rings is 1. The zero-order chi connectivity index (χ0) is 9.31. The summed E-state index contributed by atoms with van der Waals surface area (Å²) in [5, 5.41) is 11.9. The number of piperazine rings is 1. The molecule has 2 rings (SSSR count). The van der Waals surface area contributed by atoms with Crippen LogP contribution in [0.15, 0.2) is 0 Å². The Morgan fingerprint density at radius 2 is 2.31 bits per heavy atom. The molecule has 0 aromatic rings. The Morgan fingerprint density at radius 1 is 1.46 bits per heavy atom. The van der Waals surface area contributed by atoms with E-state index in [1.807, 2.05) is 4.90 Å². The predicted molar refractivity (Wildman–Crippen MR) is 46.8 cm³/mol. The van der Waals surface area contributed by atoms with E-state index in [-0.39, 0.29) is 5.91 Å². The Morgan fingerprint density at radius 3 is 3.00 bits per heavy atom. The predicted octanol–water partition coefficient (Wildman–Crippen LogP) is -0.136. The summed E-state index contributed by atoms with van der Waals surface area (Å²) in [6.07, 6.45) is 2.78. The van der Waals surface area contributed by atoms with Gasteiger partial charge in [0, 0.05) is 19.6 Å². The smallest absolute Gasteiger partial charge is 0.255 e. The van der Waals surface area contributed by atoms with Crippen LogP contribution in [-0.4, -0.2) is 36.0 Å². The van der Waals surface area contributed by atoms with Gasteiger partial charge in [0.15, 0.2) is 5.54 Å². The molecule has 2 saturated heterocycles. The van der Waals surface area contributed by atoms with Crippen LogP contribution < -0.4 is 5.32 Å². The van der Waals surface area contributed by atoms with Crippen LogP contribution in [0.3, 0.4) is 0 Å². The Labute approximate surface area is 77.5 Å². The van der Waals surface area contributed by atoms with Crippen LogP contribution >= 0.6 is 0 Å². The molecular weight excluding hydrogens is 166 g/mol. The average molecular weight is 179 g/mol. The lowest BCUT2D eigenvalue weighted by Gasteiger charge is -2.44. The Balaban J connectivity index is 2.30. The molecule has 2 fully saturated rings. The quantitative estimate of drug-likeness (QED) is 0.563. The van der Waals surface area contributed by atoms with Crippen LogP contribution in [0.5, 0.6) is 0 Å². The minimum absolute atomic E-state index is 0.0963. The molecule has 0 radical (unpaired) electrons. The molecule has 4 nitrogen and oxygen atoms in total. The fourth-order valence-corrected chi connectivity index (χ4v) is 2.22. The number of hydrogen-bond acceptors (Lipinski definition) is 3. The number of amides is 1. The summed E-state index contributed by atoms with van der Waals surface area (Å²) in [7, 11) is 0. The first-order valence-electron chi connectivity index (χ1n) is 4.74. The average Bonchev–Trinajstić information content (AvgIpc) is 2.19.